The monoisotopic (exact) mass is 363 g/mol. The van der Waals surface area contributed by atoms with Crippen LogP contribution in [0.3, 0.4) is 0 Å². The van der Waals surface area contributed by atoms with Crippen molar-refractivity contribution in [3.63, 3.8) is 0 Å². The lowest BCUT2D eigenvalue weighted by Gasteiger charge is -2.24. The van der Waals surface area contributed by atoms with Crippen molar-refractivity contribution in [1.82, 2.24) is 14.5 Å². The zero-order valence-corrected chi connectivity index (χ0v) is 13.8. The third kappa shape index (κ3) is 5.13. The highest BCUT2D eigenvalue weighted by atomic mass is 19.4. The highest BCUT2D eigenvalue weighted by Crippen LogP contribution is 2.23. The van der Waals surface area contributed by atoms with Gasteiger partial charge in [-0.3, -0.25) is 4.90 Å². The van der Waals surface area contributed by atoms with Gasteiger partial charge in [0.25, 0.3) is 0 Å². The Morgan fingerprint density at radius 1 is 1.32 bits per heavy atom. The maximum Gasteiger partial charge on any atom is 0.390 e. The molecule has 0 saturated heterocycles. The van der Waals surface area contributed by atoms with Crippen molar-refractivity contribution in [2.75, 3.05) is 19.7 Å². The summed E-state index contributed by atoms with van der Waals surface area (Å²) >= 11 is 0. The van der Waals surface area contributed by atoms with Gasteiger partial charge in [0.05, 0.1) is 31.2 Å². The van der Waals surface area contributed by atoms with Gasteiger partial charge >= 0.3 is 6.18 Å². The highest BCUT2D eigenvalue weighted by Gasteiger charge is 2.28. The third-order valence-electron chi connectivity index (χ3n) is 3.88. The number of para-hydroxylation sites is 1. The normalized spacial score (nSPS) is 13.8. The van der Waals surface area contributed by atoms with Crippen LogP contribution in [0.5, 0.6) is 0 Å². The molecule has 2 N–H and O–H groups in total. The first-order chi connectivity index (χ1) is 11.7. The van der Waals surface area contributed by atoms with Crippen molar-refractivity contribution in [3.05, 3.63) is 29.8 Å². The smallest absolute Gasteiger partial charge is 0.390 e. The minimum absolute atomic E-state index is 0.00903. The molecule has 2 rings (SSSR count). The van der Waals surface area contributed by atoms with Gasteiger partial charge in [-0.25, -0.2) is 9.37 Å². The predicted molar refractivity (Wildman–Crippen MR) is 84.4 cm³/mol. The second-order valence-corrected chi connectivity index (χ2v) is 5.82. The molecule has 2 aromatic rings. The number of benzene rings is 1. The van der Waals surface area contributed by atoms with Gasteiger partial charge in [0.2, 0.25) is 0 Å². The molecule has 0 bridgehead atoms. The molecule has 5 nitrogen and oxygen atoms in total. The molecule has 0 aliphatic carbocycles. The van der Waals surface area contributed by atoms with Crippen LogP contribution in [0, 0.1) is 5.82 Å². The van der Waals surface area contributed by atoms with E-state index in [1.54, 1.807) is 16.7 Å². The summed E-state index contributed by atoms with van der Waals surface area (Å²) in [5.74, 6) is -0.0851. The maximum absolute atomic E-state index is 13.9. The molecule has 25 heavy (non-hydrogen) atoms. The van der Waals surface area contributed by atoms with Crippen molar-refractivity contribution >= 4 is 11.0 Å². The minimum atomic E-state index is -4.33. The van der Waals surface area contributed by atoms with E-state index in [0.717, 1.165) is 0 Å². The van der Waals surface area contributed by atoms with Crippen LogP contribution in [0.2, 0.25) is 0 Å². The summed E-state index contributed by atoms with van der Waals surface area (Å²) in [5.41, 5.74) is 0.730. The molecule has 140 valence electrons. The number of aromatic nitrogens is 2. The molecule has 0 spiro atoms. The van der Waals surface area contributed by atoms with E-state index in [0.29, 0.717) is 17.9 Å². The van der Waals surface area contributed by atoms with Crippen LogP contribution in [0.15, 0.2) is 18.2 Å². The molecule has 0 unspecified atom stereocenters. The summed E-state index contributed by atoms with van der Waals surface area (Å²) < 4.78 is 53.2. The fraction of sp³-hybridized carbons (Fsp3) is 0.562. The van der Waals surface area contributed by atoms with Crippen LogP contribution in [0.4, 0.5) is 17.6 Å². The lowest BCUT2D eigenvalue weighted by atomic mass is 10.3. The Kier molecular flexibility index (Phi) is 6.36. The number of aliphatic hydroxyl groups is 2. The molecule has 0 radical (unpaired) electrons. The number of fused-ring (bicyclic) bond motifs is 1. The second-order valence-electron chi connectivity index (χ2n) is 5.82. The number of rotatable bonds is 8. The Morgan fingerprint density at radius 3 is 2.64 bits per heavy atom. The summed E-state index contributed by atoms with van der Waals surface area (Å²) in [6.07, 6.45) is -6.55. The van der Waals surface area contributed by atoms with Gasteiger partial charge < -0.3 is 14.8 Å². The minimum Gasteiger partial charge on any atom is -0.394 e. The van der Waals surface area contributed by atoms with Gasteiger partial charge in [0.1, 0.15) is 11.3 Å². The van der Waals surface area contributed by atoms with E-state index in [4.69, 9.17) is 5.11 Å². The highest BCUT2D eigenvalue weighted by molar-refractivity contribution is 5.76. The number of aryl methyl sites for hydroxylation is 1. The average Bonchev–Trinajstić information content (AvgIpc) is 2.90. The molecular formula is C16H21F4N3O2. The average molecular weight is 363 g/mol. The summed E-state index contributed by atoms with van der Waals surface area (Å²) in [7, 11) is 0. The quantitative estimate of drug-likeness (QED) is 0.707. The van der Waals surface area contributed by atoms with Gasteiger partial charge in [-0.15, -0.1) is 0 Å². The first-order valence-electron chi connectivity index (χ1n) is 7.96. The maximum atomic E-state index is 13.9. The topological polar surface area (TPSA) is 61.5 Å². The molecule has 9 heteroatoms. The fourth-order valence-corrected chi connectivity index (χ4v) is 2.71. The lowest BCUT2D eigenvalue weighted by Crippen LogP contribution is -2.36. The molecule has 1 aromatic carbocycles. The molecule has 0 amide bonds. The van der Waals surface area contributed by atoms with E-state index in [1.807, 2.05) is 6.92 Å². The van der Waals surface area contributed by atoms with E-state index in [1.165, 1.54) is 11.0 Å². The van der Waals surface area contributed by atoms with Crippen LogP contribution in [0.25, 0.3) is 11.0 Å². The van der Waals surface area contributed by atoms with Crippen molar-refractivity contribution < 1.29 is 27.8 Å². The first kappa shape index (κ1) is 19.6. The van der Waals surface area contributed by atoms with Crippen LogP contribution < -0.4 is 0 Å². The van der Waals surface area contributed by atoms with Gasteiger partial charge in [0.15, 0.2) is 5.82 Å². The Hall–Kier alpha value is -1.71. The van der Waals surface area contributed by atoms with E-state index in [9.17, 15) is 22.7 Å². The van der Waals surface area contributed by atoms with E-state index < -0.39 is 31.1 Å². The fourth-order valence-electron chi connectivity index (χ4n) is 2.71. The summed E-state index contributed by atoms with van der Waals surface area (Å²) in [4.78, 5) is 5.58. The molecule has 1 heterocycles. The first-order valence-corrected chi connectivity index (χ1v) is 7.96. The van der Waals surface area contributed by atoms with Gasteiger partial charge in [-0.1, -0.05) is 6.07 Å². The van der Waals surface area contributed by atoms with Crippen molar-refractivity contribution in [2.45, 2.75) is 38.7 Å². The number of hydrogen-bond donors (Lipinski definition) is 2. The zero-order valence-electron chi connectivity index (χ0n) is 13.8. The molecule has 0 saturated carbocycles. The number of alkyl halides is 3. The Bertz CT molecular complexity index is 702. The largest absolute Gasteiger partial charge is 0.394 e. The van der Waals surface area contributed by atoms with Crippen molar-refractivity contribution in [3.8, 4) is 0 Å². The van der Waals surface area contributed by atoms with E-state index >= 15 is 0 Å². The summed E-state index contributed by atoms with van der Waals surface area (Å²) in [5, 5.41) is 18.5. The van der Waals surface area contributed by atoms with Crippen LogP contribution in [-0.2, 0) is 13.1 Å². The van der Waals surface area contributed by atoms with Gasteiger partial charge in [-0.05, 0) is 19.1 Å². The summed E-state index contributed by atoms with van der Waals surface area (Å²) in [6.45, 7) is 1.28. The standard InChI is InChI=1S/C16H21F4N3O2/c1-2-23-13-5-3-4-12(17)15(13)21-14(23)9-22(8-11(25)10-24)7-6-16(18,19)20/h3-5,11,24-25H,2,6-10H2,1H3/t11-/m0/s1. The Balaban J connectivity index is 2.27. The zero-order chi connectivity index (χ0) is 18.6. The lowest BCUT2D eigenvalue weighted by molar-refractivity contribution is -0.139. The van der Waals surface area contributed by atoms with Crippen molar-refractivity contribution in [2.24, 2.45) is 0 Å². The number of aliphatic hydroxyl groups excluding tert-OH is 2. The number of hydrogen-bond acceptors (Lipinski definition) is 4. The van der Waals surface area contributed by atoms with Gasteiger partial charge in [-0.2, -0.15) is 13.2 Å². The third-order valence-corrected chi connectivity index (χ3v) is 3.88. The number of halogens is 4. The van der Waals surface area contributed by atoms with Crippen LogP contribution in [-0.4, -0.2) is 56.6 Å². The van der Waals surface area contributed by atoms with E-state index in [-0.39, 0.29) is 25.2 Å². The molecular weight excluding hydrogens is 342 g/mol. The van der Waals surface area contributed by atoms with Gasteiger partial charge in [0, 0.05) is 19.6 Å². The SMILES string of the molecule is CCn1c(CN(CCC(F)(F)F)C[C@H](O)CO)nc2c(F)cccc21. The Labute approximate surface area is 142 Å². The predicted octanol–water partition coefficient (Wildman–Crippen LogP) is 2.30. The Morgan fingerprint density at radius 2 is 2.04 bits per heavy atom. The van der Waals surface area contributed by atoms with Crippen LogP contribution >= 0.6 is 0 Å². The molecule has 0 fully saturated rings. The molecule has 0 aliphatic heterocycles. The van der Waals surface area contributed by atoms with Crippen molar-refractivity contribution in [1.29, 1.82) is 0 Å². The second kappa shape index (κ2) is 8.11. The molecule has 1 atom stereocenters. The molecule has 1 aromatic heterocycles. The summed E-state index contributed by atoms with van der Waals surface area (Å²) in [6, 6.07) is 4.52. The van der Waals surface area contributed by atoms with E-state index in [2.05, 4.69) is 4.98 Å². The van der Waals surface area contributed by atoms with Crippen LogP contribution in [0.1, 0.15) is 19.2 Å². The number of nitrogens with zero attached hydrogens (tertiary/aromatic N) is 3. The molecule has 0 aliphatic rings. The number of imidazole rings is 1.